The molecule has 2 heterocycles. The van der Waals surface area contributed by atoms with Gasteiger partial charge in [0.2, 0.25) is 0 Å². The molecule has 3 aromatic rings. The predicted octanol–water partition coefficient (Wildman–Crippen LogP) is 4.69. The van der Waals surface area contributed by atoms with Gasteiger partial charge < -0.3 is 9.14 Å². The lowest BCUT2D eigenvalue weighted by Gasteiger charge is -2.12. The minimum absolute atomic E-state index is 0.00686. The molecule has 2 aromatic heterocycles. The number of rotatable bonds is 3. The number of ether oxygens (including phenoxy) is 1. The first kappa shape index (κ1) is 18.3. The number of nitrogens with zero attached hydrogens (tertiary/aromatic N) is 2. The van der Waals surface area contributed by atoms with Crippen molar-refractivity contribution in [2.75, 3.05) is 7.11 Å². The van der Waals surface area contributed by atoms with Crippen molar-refractivity contribution in [1.29, 1.82) is 0 Å². The van der Waals surface area contributed by atoms with E-state index in [1.54, 1.807) is 23.6 Å². The van der Waals surface area contributed by atoms with Gasteiger partial charge in [-0.2, -0.15) is 13.2 Å². The summed E-state index contributed by atoms with van der Waals surface area (Å²) in [7, 11) is 1.27. The van der Waals surface area contributed by atoms with Crippen LogP contribution in [0.2, 0.25) is 5.02 Å². The molecule has 0 aliphatic rings. The Bertz CT molecular complexity index is 996. The molecule has 0 aliphatic carbocycles. The summed E-state index contributed by atoms with van der Waals surface area (Å²) in [4.78, 5) is 16.0. The number of imidazole rings is 1. The first-order valence-electron chi connectivity index (χ1n) is 7.62. The Kier molecular flexibility index (Phi) is 4.66. The maximum atomic E-state index is 13.3. The van der Waals surface area contributed by atoms with Crippen LogP contribution in [0.15, 0.2) is 36.5 Å². The SMILES string of the molecule is COC(=O)c1ccn2c(C)c(Cc3ccc(Cl)cc3C(F)(F)F)nc2c1. The molecule has 0 fully saturated rings. The molecular weight excluding hydrogens is 369 g/mol. The number of benzene rings is 1. The van der Waals surface area contributed by atoms with Gasteiger partial charge in [-0.15, -0.1) is 0 Å². The second-order valence-electron chi connectivity index (χ2n) is 5.76. The summed E-state index contributed by atoms with van der Waals surface area (Å²) in [6, 6.07) is 6.80. The van der Waals surface area contributed by atoms with Crippen molar-refractivity contribution < 1.29 is 22.7 Å². The van der Waals surface area contributed by atoms with Gasteiger partial charge in [0, 0.05) is 23.3 Å². The van der Waals surface area contributed by atoms with Crippen molar-refractivity contribution in [3.8, 4) is 0 Å². The van der Waals surface area contributed by atoms with E-state index < -0.39 is 17.7 Å². The maximum absolute atomic E-state index is 13.3. The topological polar surface area (TPSA) is 43.6 Å². The van der Waals surface area contributed by atoms with Crippen LogP contribution in [-0.2, 0) is 17.3 Å². The first-order chi connectivity index (χ1) is 12.2. The number of hydrogen-bond acceptors (Lipinski definition) is 3. The van der Waals surface area contributed by atoms with E-state index in [2.05, 4.69) is 9.72 Å². The summed E-state index contributed by atoms with van der Waals surface area (Å²) in [5.74, 6) is -0.508. The summed E-state index contributed by atoms with van der Waals surface area (Å²) in [6.07, 6.45) is -2.88. The van der Waals surface area contributed by atoms with Crippen LogP contribution >= 0.6 is 11.6 Å². The summed E-state index contributed by atoms with van der Waals surface area (Å²) >= 11 is 5.72. The highest BCUT2D eigenvalue weighted by Gasteiger charge is 2.33. The van der Waals surface area contributed by atoms with Gasteiger partial charge in [-0.3, -0.25) is 0 Å². The molecule has 0 unspecified atom stereocenters. The van der Waals surface area contributed by atoms with Crippen molar-refractivity contribution in [1.82, 2.24) is 9.38 Å². The van der Waals surface area contributed by atoms with Crippen LogP contribution in [0.5, 0.6) is 0 Å². The molecule has 0 saturated carbocycles. The van der Waals surface area contributed by atoms with Gasteiger partial charge in [0.1, 0.15) is 5.65 Å². The Morgan fingerprint density at radius 1 is 1.27 bits per heavy atom. The Labute approximate surface area is 152 Å². The second-order valence-corrected chi connectivity index (χ2v) is 6.19. The molecule has 4 nitrogen and oxygen atoms in total. The highest BCUT2D eigenvalue weighted by atomic mass is 35.5. The fourth-order valence-electron chi connectivity index (χ4n) is 2.78. The number of aromatic nitrogens is 2. The quantitative estimate of drug-likeness (QED) is 0.617. The van der Waals surface area contributed by atoms with E-state index in [1.807, 2.05) is 0 Å². The second kappa shape index (κ2) is 6.64. The van der Waals surface area contributed by atoms with Crippen molar-refractivity contribution in [3.05, 3.63) is 69.6 Å². The number of pyridine rings is 1. The summed E-state index contributed by atoms with van der Waals surface area (Å²) < 4.78 is 46.2. The monoisotopic (exact) mass is 382 g/mol. The first-order valence-corrected chi connectivity index (χ1v) is 8.00. The smallest absolute Gasteiger partial charge is 0.416 e. The van der Waals surface area contributed by atoms with E-state index in [-0.39, 0.29) is 17.0 Å². The van der Waals surface area contributed by atoms with Crippen molar-refractivity contribution in [3.63, 3.8) is 0 Å². The minimum atomic E-state index is -4.51. The molecule has 0 radical (unpaired) electrons. The average molecular weight is 383 g/mol. The van der Waals surface area contributed by atoms with Crippen molar-refractivity contribution >= 4 is 23.2 Å². The lowest BCUT2D eigenvalue weighted by Crippen LogP contribution is -2.10. The molecule has 1 aromatic carbocycles. The lowest BCUT2D eigenvalue weighted by atomic mass is 10.0. The van der Waals surface area contributed by atoms with E-state index >= 15 is 0 Å². The summed E-state index contributed by atoms with van der Waals surface area (Å²) in [5.41, 5.74) is 1.26. The van der Waals surface area contributed by atoms with E-state index in [1.165, 1.54) is 25.3 Å². The van der Waals surface area contributed by atoms with Crippen LogP contribution in [-0.4, -0.2) is 22.5 Å². The average Bonchev–Trinajstić information content (AvgIpc) is 2.90. The van der Waals surface area contributed by atoms with Crippen LogP contribution in [0, 0.1) is 6.92 Å². The maximum Gasteiger partial charge on any atom is 0.416 e. The third kappa shape index (κ3) is 3.39. The van der Waals surface area contributed by atoms with E-state index in [0.29, 0.717) is 22.6 Å². The molecule has 0 spiro atoms. The van der Waals surface area contributed by atoms with Gasteiger partial charge in [-0.1, -0.05) is 17.7 Å². The number of halogens is 4. The number of methoxy groups -OCH3 is 1. The Hall–Kier alpha value is -2.54. The Morgan fingerprint density at radius 3 is 2.65 bits per heavy atom. The highest BCUT2D eigenvalue weighted by Crippen LogP contribution is 2.35. The zero-order chi connectivity index (χ0) is 19.1. The number of esters is 1. The van der Waals surface area contributed by atoms with E-state index in [0.717, 1.165) is 6.07 Å². The molecule has 0 N–H and O–H groups in total. The van der Waals surface area contributed by atoms with Crippen molar-refractivity contribution in [2.45, 2.75) is 19.5 Å². The number of aryl methyl sites for hydroxylation is 1. The standard InChI is InChI=1S/C18H14ClF3N2O2/c1-10-15(7-11-3-4-13(19)9-14(11)18(20,21)22)23-16-8-12(17(25)26-2)5-6-24(10)16/h3-6,8-9H,7H2,1-2H3. The fourth-order valence-corrected chi connectivity index (χ4v) is 2.95. The number of fused-ring (bicyclic) bond motifs is 1. The van der Waals surface area contributed by atoms with Gasteiger partial charge in [0.25, 0.3) is 0 Å². The highest BCUT2D eigenvalue weighted by molar-refractivity contribution is 6.30. The zero-order valence-corrected chi connectivity index (χ0v) is 14.6. The molecule has 0 aliphatic heterocycles. The third-order valence-electron chi connectivity index (χ3n) is 4.12. The number of carbonyl (C=O) groups excluding carboxylic acids is 1. The number of hydrogen-bond donors (Lipinski definition) is 0. The molecule has 0 bridgehead atoms. The molecule has 0 atom stereocenters. The number of alkyl halides is 3. The van der Waals surface area contributed by atoms with Crippen LogP contribution in [0.25, 0.3) is 5.65 Å². The van der Waals surface area contributed by atoms with Gasteiger partial charge >= 0.3 is 12.1 Å². The van der Waals surface area contributed by atoms with E-state index in [9.17, 15) is 18.0 Å². The lowest BCUT2D eigenvalue weighted by molar-refractivity contribution is -0.138. The Morgan fingerprint density at radius 2 is 2.00 bits per heavy atom. The largest absolute Gasteiger partial charge is 0.465 e. The zero-order valence-electron chi connectivity index (χ0n) is 13.9. The summed E-state index contributed by atoms with van der Waals surface area (Å²) in [5, 5.41) is 0.0236. The van der Waals surface area contributed by atoms with Gasteiger partial charge in [-0.25, -0.2) is 9.78 Å². The predicted molar refractivity (Wildman–Crippen MR) is 90.5 cm³/mol. The molecule has 26 heavy (non-hydrogen) atoms. The minimum Gasteiger partial charge on any atom is -0.465 e. The third-order valence-corrected chi connectivity index (χ3v) is 4.35. The van der Waals surface area contributed by atoms with Gasteiger partial charge in [0.05, 0.1) is 23.9 Å². The molecule has 8 heteroatoms. The molecule has 0 amide bonds. The van der Waals surface area contributed by atoms with Crippen LogP contribution in [0.4, 0.5) is 13.2 Å². The normalized spacial score (nSPS) is 11.8. The van der Waals surface area contributed by atoms with Gasteiger partial charge in [0.15, 0.2) is 0 Å². The fraction of sp³-hybridized carbons (Fsp3) is 0.222. The van der Waals surface area contributed by atoms with Crippen LogP contribution in [0.1, 0.15) is 32.9 Å². The Balaban J connectivity index is 2.05. The van der Waals surface area contributed by atoms with Crippen molar-refractivity contribution in [2.24, 2.45) is 0 Å². The number of carbonyl (C=O) groups is 1. The molecule has 3 rings (SSSR count). The molecular formula is C18H14ClF3N2O2. The molecule has 136 valence electrons. The van der Waals surface area contributed by atoms with Crippen LogP contribution in [0.3, 0.4) is 0 Å². The summed E-state index contributed by atoms with van der Waals surface area (Å²) in [6.45, 7) is 1.76. The van der Waals surface area contributed by atoms with E-state index in [4.69, 9.17) is 11.6 Å². The van der Waals surface area contributed by atoms with Crippen LogP contribution < -0.4 is 0 Å². The molecule has 0 saturated heterocycles. The van der Waals surface area contributed by atoms with Gasteiger partial charge in [-0.05, 0) is 36.8 Å².